The largest absolute Gasteiger partial charge is 0.444 e. The van der Waals surface area contributed by atoms with E-state index in [-0.39, 0.29) is 12.1 Å². The van der Waals surface area contributed by atoms with Crippen LogP contribution in [0.4, 0.5) is 4.79 Å². The molecule has 1 aliphatic heterocycles. The highest BCUT2D eigenvalue weighted by atomic mass is 16.6. The third kappa shape index (κ3) is 5.01. The summed E-state index contributed by atoms with van der Waals surface area (Å²) in [6.45, 7) is 12.2. The van der Waals surface area contributed by atoms with Crippen molar-refractivity contribution in [2.75, 3.05) is 20.1 Å². The smallest absolute Gasteiger partial charge is 0.410 e. The zero-order valence-corrected chi connectivity index (χ0v) is 13.3. The van der Waals surface area contributed by atoms with Crippen LogP contribution in [0.3, 0.4) is 0 Å². The molecular formula is C15H30N2O2. The van der Waals surface area contributed by atoms with E-state index in [0.29, 0.717) is 11.8 Å². The third-order valence-corrected chi connectivity index (χ3v) is 3.63. The molecule has 112 valence electrons. The summed E-state index contributed by atoms with van der Waals surface area (Å²) in [5.41, 5.74) is -0.433. The minimum atomic E-state index is -0.433. The number of hydrogen-bond acceptors (Lipinski definition) is 3. The van der Waals surface area contributed by atoms with Crippen LogP contribution in [0.2, 0.25) is 0 Å². The zero-order valence-electron chi connectivity index (χ0n) is 13.3. The van der Waals surface area contributed by atoms with Crippen molar-refractivity contribution in [3.63, 3.8) is 0 Å². The first-order chi connectivity index (χ1) is 8.72. The molecule has 4 nitrogen and oxygen atoms in total. The van der Waals surface area contributed by atoms with Crippen molar-refractivity contribution < 1.29 is 9.53 Å². The topological polar surface area (TPSA) is 41.6 Å². The van der Waals surface area contributed by atoms with E-state index >= 15 is 0 Å². The van der Waals surface area contributed by atoms with E-state index in [4.69, 9.17) is 4.74 Å². The van der Waals surface area contributed by atoms with Gasteiger partial charge in [0.25, 0.3) is 0 Å². The second kappa shape index (κ2) is 6.60. The van der Waals surface area contributed by atoms with Crippen molar-refractivity contribution in [2.24, 2.45) is 11.8 Å². The molecule has 0 radical (unpaired) electrons. The molecule has 1 amide bonds. The Morgan fingerprint density at radius 2 is 2.00 bits per heavy atom. The molecule has 0 spiro atoms. The van der Waals surface area contributed by atoms with Crippen LogP contribution in [0.15, 0.2) is 0 Å². The lowest BCUT2D eigenvalue weighted by molar-refractivity contribution is 0.00824. The van der Waals surface area contributed by atoms with Gasteiger partial charge in [0.05, 0.1) is 0 Å². The monoisotopic (exact) mass is 270 g/mol. The van der Waals surface area contributed by atoms with Crippen LogP contribution in [0.1, 0.15) is 47.5 Å². The van der Waals surface area contributed by atoms with Crippen molar-refractivity contribution in [1.29, 1.82) is 0 Å². The van der Waals surface area contributed by atoms with Crippen molar-refractivity contribution in [1.82, 2.24) is 10.2 Å². The van der Waals surface area contributed by atoms with Crippen LogP contribution in [-0.2, 0) is 4.74 Å². The molecule has 1 N–H and O–H groups in total. The zero-order chi connectivity index (χ0) is 14.6. The van der Waals surface area contributed by atoms with Crippen molar-refractivity contribution in [3.05, 3.63) is 0 Å². The summed E-state index contributed by atoms with van der Waals surface area (Å²) in [6.07, 6.45) is 2.16. The summed E-state index contributed by atoms with van der Waals surface area (Å²) in [7, 11) is 1.87. The molecule has 2 atom stereocenters. The van der Waals surface area contributed by atoms with Crippen molar-refractivity contribution in [2.45, 2.75) is 59.1 Å². The van der Waals surface area contributed by atoms with Gasteiger partial charge in [-0.25, -0.2) is 4.79 Å². The molecule has 0 aromatic heterocycles. The third-order valence-electron chi connectivity index (χ3n) is 3.63. The van der Waals surface area contributed by atoms with Gasteiger partial charge < -0.3 is 15.0 Å². The molecule has 4 heteroatoms. The Morgan fingerprint density at radius 3 is 2.42 bits per heavy atom. The second-order valence-corrected chi connectivity index (χ2v) is 6.93. The molecule has 1 aliphatic rings. The first kappa shape index (κ1) is 16.3. The van der Waals surface area contributed by atoms with E-state index in [2.05, 4.69) is 19.2 Å². The number of amides is 1. The lowest BCUT2D eigenvalue weighted by Crippen LogP contribution is -2.50. The quantitative estimate of drug-likeness (QED) is 0.857. The van der Waals surface area contributed by atoms with Gasteiger partial charge in [-0.1, -0.05) is 13.8 Å². The molecule has 0 bridgehead atoms. The van der Waals surface area contributed by atoms with Gasteiger partial charge in [0.15, 0.2) is 0 Å². The van der Waals surface area contributed by atoms with Gasteiger partial charge in [0.1, 0.15) is 5.60 Å². The number of ether oxygens (including phenoxy) is 1. The van der Waals surface area contributed by atoms with E-state index < -0.39 is 5.60 Å². The molecular weight excluding hydrogens is 240 g/mol. The average molecular weight is 270 g/mol. The fraction of sp³-hybridized carbons (Fsp3) is 0.933. The molecule has 0 unspecified atom stereocenters. The van der Waals surface area contributed by atoms with Gasteiger partial charge in [-0.05, 0) is 58.5 Å². The maximum absolute atomic E-state index is 12.2. The summed E-state index contributed by atoms with van der Waals surface area (Å²) in [6, 6.07) is 0.239. The van der Waals surface area contributed by atoms with Gasteiger partial charge >= 0.3 is 6.09 Å². The summed E-state index contributed by atoms with van der Waals surface area (Å²) in [4.78, 5) is 14.0. The minimum Gasteiger partial charge on any atom is -0.444 e. The Kier molecular flexibility index (Phi) is 5.65. The Bertz CT molecular complexity index is 291. The number of nitrogens with zero attached hydrogens (tertiary/aromatic N) is 1. The lowest BCUT2D eigenvalue weighted by Gasteiger charge is -2.39. The molecule has 1 rings (SSSR count). The molecule has 1 heterocycles. The predicted molar refractivity (Wildman–Crippen MR) is 78.2 cm³/mol. The standard InChI is InChI=1S/C15H30N2O2/c1-11(2)13(12-8-7-9-16-10-12)17(6)14(18)19-15(3,4)5/h11-13,16H,7-10H2,1-6H3/t12-,13+/m1/s1. The maximum Gasteiger partial charge on any atom is 0.410 e. The number of carbonyl (C=O) groups excluding carboxylic acids is 1. The van der Waals surface area contributed by atoms with Crippen LogP contribution in [-0.4, -0.2) is 42.8 Å². The van der Waals surface area contributed by atoms with E-state index in [9.17, 15) is 4.79 Å². The number of nitrogens with one attached hydrogen (secondary N) is 1. The highest BCUT2D eigenvalue weighted by Crippen LogP contribution is 2.25. The molecule has 0 aromatic carbocycles. The Morgan fingerprint density at radius 1 is 1.37 bits per heavy atom. The molecule has 0 aromatic rings. The normalized spacial score (nSPS) is 22.2. The van der Waals surface area contributed by atoms with E-state index in [1.54, 1.807) is 4.90 Å². The molecule has 0 saturated carbocycles. The van der Waals surface area contributed by atoms with E-state index in [1.807, 2.05) is 27.8 Å². The lowest BCUT2D eigenvalue weighted by atomic mass is 9.84. The maximum atomic E-state index is 12.2. The van der Waals surface area contributed by atoms with E-state index in [0.717, 1.165) is 13.1 Å². The van der Waals surface area contributed by atoms with Crippen molar-refractivity contribution in [3.8, 4) is 0 Å². The Balaban J connectivity index is 2.72. The first-order valence-corrected chi connectivity index (χ1v) is 7.39. The molecule has 1 fully saturated rings. The average Bonchev–Trinajstić information content (AvgIpc) is 2.27. The number of rotatable bonds is 3. The van der Waals surface area contributed by atoms with Gasteiger partial charge in [-0.2, -0.15) is 0 Å². The first-order valence-electron chi connectivity index (χ1n) is 7.39. The highest BCUT2D eigenvalue weighted by molar-refractivity contribution is 5.68. The number of piperidine rings is 1. The van der Waals surface area contributed by atoms with Crippen LogP contribution in [0.25, 0.3) is 0 Å². The number of carbonyl (C=O) groups is 1. The van der Waals surface area contributed by atoms with Crippen molar-refractivity contribution >= 4 is 6.09 Å². The molecule has 1 saturated heterocycles. The van der Waals surface area contributed by atoms with Gasteiger partial charge in [0, 0.05) is 13.1 Å². The van der Waals surface area contributed by atoms with E-state index in [1.165, 1.54) is 12.8 Å². The fourth-order valence-corrected chi connectivity index (χ4v) is 2.93. The van der Waals surface area contributed by atoms with Gasteiger partial charge in [-0.15, -0.1) is 0 Å². The predicted octanol–water partition coefficient (Wildman–Crippen LogP) is 2.88. The Hall–Kier alpha value is -0.770. The Labute approximate surface area is 117 Å². The van der Waals surface area contributed by atoms with Crippen LogP contribution >= 0.6 is 0 Å². The SMILES string of the molecule is CC(C)[C@@H]([C@@H]1CCCNC1)N(C)C(=O)OC(C)(C)C. The second-order valence-electron chi connectivity index (χ2n) is 6.93. The van der Waals surface area contributed by atoms with Gasteiger partial charge in [0.2, 0.25) is 0 Å². The molecule has 0 aliphatic carbocycles. The van der Waals surface area contributed by atoms with Crippen LogP contribution in [0.5, 0.6) is 0 Å². The summed E-state index contributed by atoms with van der Waals surface area (Å²) in [5, 5.41) is 3.43. The minimum absolute atomic E-state index is 0.211. The fourth-order valence-electron chi connectivity index (χ4n) is 2.93. The summed E-state index contributed by atoms with van der Waals surface area (Å²) < 4.78 is 5.49. The number of hydrogen-bond donors (Lipinski definition) is 1. The van der Waals surface area contributed by atoms with Gasteiger partial charge in [-0.3, -0.25) is 0 Å². The highest BCUT2D eigenvalue weighted by Gasteiger charge is 2.33. The van der Waals surface area contributed by atoms with Crippen LogP contribution in [0, 0.1) is 11.8 Å². The van der Waals surface area contributed by atoms with Crippen LogP contribution < -0.4 is 5.32 Å². The summed E-state index contributed by atoms with van der Waals surface area (Å²) in [5.74, 6) is 0.952. The summed E-state index contributed by atoms with van der Waals surface area (Å²) >= 11 is 0. The molecule has 19 heavy (non-hydrogen) atoms.